The molecular weight excluding hydrogens is 297 g/mol. The first-order valence-electron chi connectivity index (χ1n) is 5.93. The van der Waals surface area contributed by atoms with Crippen molar-refractivity contribution in [3.63, 3.8) is 0 Å². The van der Waals surface area contributed by atoms with Gasteiger partial charge in [0.25, 0.3) is 0 Å². The summed E-state index contributed by atoms with van der Waals surface area (Å²) in [5.41, 5.74) is -0.0651. The minimum absolute atomic E-state index is 0. The molecule has 0 aliphatic carbocycles. The molecule has 8 heteroatoms. The Bertz CT molecular complexity index is 451. The van der Waals surface area contributed by atoms with E-state index in [4.69, 9.17) is 0 Å². The van der Waals surface area contributed by atoms with Crippen LogP contribution in [0.5, 0.6) is 11.5 Å². The van der Waals surface area contributed by atoms with E-state index in [0.717, 1.165) is 12.1 Å². The molecule has 0 spiro atoms. The average molecular weight is 313 g/mol. The summed E-state index contributed by atoms with van der Waals surface area (Å²) in [4.78, 5) is 1.32. The molecule has 0 saturated carbocycles. The summed E-state index contributed by atoms with van der Waals surface area (Å²) in [6.07, 6.45) is -4.43. The van der Waals surface area contributed by atoms with E-state index in [1.165, 1.54) is 11.0 Å². The summed E-state index contributed by atoms with van der Waals surface area (Å²) in [6.45, 7) is 1.56. The molecule has 1 aromatic carbocycles. The predicted molar refractivity (Wildman–Crippen MR) is 70.3 cm³/mol. The maximum absolute atomic E-state index is 13.2. The van der Waals surface area contributed by atoms with Gasteiger partial charge in [0.05, 0.1) is 0 Å². The summed E-state index contributed by atoms with van der Waals surface area (Å²) in [7, 11) is 0. The number of phenols is 2. The fourth-order valence-corrected chi connectivity index (χ4v) is 2.26. The molecule has 1 fully saturated rings. The van der Waals surface area contributed by atoms with E-state index >= 15 is 0 Å². The number of aromatic hydroxyl groups is 2. The van der Waals surface area contributed by atoms with Crippen molar-refractivity contribution in [3.8, 4) is 11.5 Å². The van der Waals surface area contributed by atoms with Gasteiger partial charge in [0.2, 0.25) is 0 Å². The highest BCUT2D eigenvalue weighted by molar-refractivity contribution is 5.85. The molecule has 1 saturated heterocycles. The maximum Gasteiger partial charge on any atom is 0.408 e. The zero-order chi connectivity index (χ0) is 14.0. The molecular formula is C12H16ClF3N2O2. The van der Waals surface area contributed by atoms with E-state index in [9.17, 15) is 23.4 Å². The average Bonchev–Trinajstić information content (AvgIpc) is 2.34. The molecule has 0 bridgehead atoms. The molecule has 4 nitrogen and oxygen atoms in total. The molecule has 1 aliphatic heterocycles. The fourth-order valence-electron chi connectivity index (χ4n) is 2.26. The number of nitrogens with zero attached hydrogens (tertiary/aromatic N) is 1. The van der Waals surface area contributed by atoms with Crippen molar-refractivity contribution < 1.29 is 23.4 Å². The van der Waals surface area contributed by atoms with Gasteiger partial charge in [-0.15, -0.1) is 12.4 Å². The SMILES string of the molecule is Cl.Oc1ccc([C@@H](N2CCNCC2)C(F)(F)F)cc1O. The van der Waals surface area contributed by atoms with Gasteiger partial charge in [0.1, 0.15) is 6.04 Å². The predicted octanol–water partition coefficient (Wildman–Crippen LogP) is 2.03. The second-order valence-electron chi connectivity index (χ2n) is 4.48. The Hall–Kier alpha value is -1.18. The molecule has 114 valence electrons. The summed E-state index contributed by atoms with van der Waals surface area (Å²) >= 11 is 0. The lowest BCUT2D eigenvalue weighted by Gasteiger charge is -2.36. The molecule has 1 aromatic rings. The van der Waals surface area contributed by atoms with E-state index in [2.05, 4.69) is 5.32 Å². The van der Waals surface area contributed by atoms with Gasteiger partial charge in [0.15, 0.2) is 11.5 Å². The first-order valence-corrected chi connectivity index (χ1v) is 5.93. The van der Waals surface area contributed by atoms with Crippen molar-refractivity contribution in [2.45, 2.75) is 12.2 Å². The summed E-state index contributed by atoms with van der Waals surface area (Å²) in [5, 5.41) is 21.5. The first-order chi connectivity index (χ1) is 8.89. The van der Waals surface area contributed by atoms with Crippen LogP contribution in [0.25, 0.3) is 0 Å². The third-order valence-corrected chi connectivity index (χ3v) is 3.14. The number of halogens is 4. The van der Waals surface area contributed by atoms with E-state index in [1.54, 1.807) is 0 Å². The molecule has 1 aliphatic rings. The molecule has 0 aromatic heterocycles. The third kappa shape index (κ3) is 3.68. The van der Waals surface area contributed by atoms with Crippen molar-refractivity contribution in [1.29, 1.82) is 0 Å². The number of phenolic OH excluding ortho intramolecular Hbond substituents is 2. The van der Waals surface area contributed by atoms with Gasteiger partial charge >= 0.3 is 6.18 Å². The minimum atomic E-state index is -4.43. The Morgan fingerprint density at radius 1 is 1.10 bits per heavy atom. The van der Waals surface area contributed by atoms with Crippen LogP contribution in [0.15, 0.2) is 18.2 Å². The van der Waals surface area contributed by atoms with Crippen molar-refractivity contribution in [2.75, 3.05) is 26.2 Å². The smallest absolute Gasteiger partial charge is 0.408 e. The van der Waals surface area contributed by atoms with Crippen molar-refractivity contribution in [3.05, 3.63) is 23.8 Å². The van der Waals surface area contributed by atoms with Crippen LogP contribution in [0.1, 0.15) is 11.6 Å². The molecule has 3 N–H and O–H groups in total. The van der Waals surface area contributed by atoms with Crippen LogP contribution in [0.2, 0.25) is 0 Å². The van der Waals surface area contributed by atoms with Crippen LogP contribution in [0, 0.1) is 0 Å². The number of hydrogen-bond acceptors (Lipinski definition) is 4. The number of rotatable bonds is 2. The number of piperazine rings is 1. The van der Waals surface area contributed by atoms with Crippen molar-refractivity contribution in [2.24, 2.45) is 0 Å². The lowest BCUT2D eigenvalue weighted by atomic mass is 10.0. The van der Waals surface area contributed by atoms with Gasteiger partial charge in [-0.2, -0.15) is 13.2 Å². The van der Waals surface area contributed by atoms with E-state index in [1.807, 2.05) is 0 Å². The number of alkyl halides is 3. The van der Waals surface area contributed by atoms with E-state index in [0.29, 0.717) is 13.1 Å². The van der Waals surface area contributed by atoms with Gasteiger partial charge in [-0.05, 0) is 17.7 Å². The molecule has 1 heterocycles. The van der Waals surface area contributed by atoms with Gasteiger partial charge in [-0.3, -0.25) is 4.90 Å². The number of benzene rings is 1. The van der Waals surface area contributed by atoms with Crippen LogP contribution in [0.3, 0.4) is 0 Å². The second kappa shape index (κ2) is 6.51. The zero-order valence-electron chi connectivity index (χ0n) is 10.5. The van der Waals surface area contributed by atoms with Crippen molar-refractivity contribution in [1.82, 2.24) is 10.2 Å². The Kier molecular flexibility index (Phi) is 5.50. The Morgan fingerprint density at radius 2 is 1.70 bits per heavy atom. The van der Waals surface area contributed by atoms with Crippen LogP contribution in [-0.4, -0.2) is 47.5 Å². The monoisotopic (exact) mass is 312 g/mol. The van der Waals surface area contributed by atoms with E-state index < -0.39 is 23.7 Å². The fraction of sp³-hybridized carbons (Fsp3) is 0.500. The largest absolute Gasteiger partial charge is 0.504 e. The molecule has 1 atom stereocenters. The van der Waals surface area contributed by atoms with E-state index in [-0.39, 0.29) is 31.1 Å². The van der Waals surface area contributed by atoms with Crippen LogP contribution < -0.4 is 5.32 Å². The summed E-state index contributed by atoms with van der Waals surface area (Å²) in [5.74, 6) is -0.966. The van der Waals surface area contributed by atoms with Gasteiger partial charge < -0.3 is 15.5 Å². The molecule has 0 unspecified atom stereocenters. The van der Waals surface area contributed by atoms with Gasteiger partial charge in [-0.1, -0.05) is 6.07 Å². The zero-order valence-corrected chi connectivity index (χ0v) is 11.3. The second-order valence-corrected chi connectivity index (χ2v) is 4.48. The highest BCUT2D eigenvalue weighted by atomic mass is 35.5. The van der Waals surface area contributed by atoms with Crippen LogP contribution in [-0.2, 0) is 0 Å². The standard InChI is InChI=1S/C12H15F3N2O2.ClH/c13-12(14,15)11(17-5-3-16-4-6-17)8-1-2-9(18)10(19)7-8;/h1-2,7,11,16,18-19H,3-6H2;1H/t11-;/m1./s1. The molecule has 20 heavy (non-hydrogen) atoms. The Labute approximate surface area is 120 Å². The Morgan fingerprint density at radius 3 is 2.20 bits per heavy atom. The Balaban J connectivity index is 0.00000200. The molecule has 0 amide bonds. The quantitative estimate of drug-likeness (QED) is 0.732. The maximum atomic E-state index is 13.2. The third-order valence-electron chi connectivity index (χ3n) is 3.14. The number of hydrogen-bond donors (Lipinski definition) is 3. The normalized spacial score (nSPS) is 18.4. The topological polar surface area (TPSA) is 55.7 Å². The summed E-state index contributed by atoms with van der Waals surface area (Å²) in [6, 6.07) is 1.47. The highest BCUT2D eigenvalue weighted by Gasteiger charge is 2.45. The van der Waals surface area contributed by atoms with Crippen LogP contribution >= 0.6 is 12.4 Å². The lowest BCUT2D eigenvalue weighted by Crippen LogP contribution is -2.49. The van der Waals surface area contributed by atoms with Gasteiger partial charge in [0, 0.05) is 26.2 Å². The highest BCUT2D eigenvalue weighted by Crippen LogP contribution is 2.40. The van der Waals surface area contributed by atoms with Crippen molar-refractivity contribution >= 4 is 12.4 Å². The van der Waals surface area contributed by atoms with Gasteiger partial charge in [-0.25, -0.2) is 0 Å². The summed E-state index contributed by atoms with van der Waals surface area (Å²) < 4.78 is 39.6. The first kappa shape index (κ1) is 16.9. The minimum Gasteiger partial charge on any atom is -0.504 e. The number of nitrogens with one attached hydrogen (secondary N) is 1. The van der Waals surface area contributed by atoms with Crippen LogP contribution in [0.4, 0.5) is 13.2 Å². The molecule has 2 rings (SSSR count). The molecule has 0 radical (unpaired) electrons. The lowest BCUT2D eigenvalue weighted by molar-refractivity contribution is -0.187.